The number of hydroxylamine groups is 2. The summed E-state index contributed by atoms with van der Waals surface area (Å²) in [6, 6.07) is 0. The van der Waals surface area contributed by atoms with Gasteiger partial charge in [-0.1, -0.05) is 19.7 Å². The summed E-state index contributed by atoms with van der Waals surface area (Å²) in [6.45, 7) is 13.7. The highest BCUT2D eigenvalue weighted by Gasteiger charge is 1.99. The molecule has 0 amide bonds. The molecular formula is C14H24N4O. The Bertz CT molecular complexity index is 322. The van der Waals surface area contributed by atoms with E-state index in [1.54, 1.807) is 12.5 Å². The number of hydrogen-bond donors (Lipinski definition) is 1. The molecule has 0 aromatic carbocycles. The van der Waals surface area contributed by atoms with Gasteiger partial charge in [0.15, 0.2) is 0 Å². The Labute approximate surface area is 116 Å². The molecule has 0 heterocycles. The van der Waals surface area contributed by atoms with Crippen molar-refractivity contribution in [2.45, 2.75) is 19.3 Å². The molecule has 0 spiro atoms. The van der Waals surface area contributed by atoms with E-state index >= 15 is 0 Å². The molecule has 0 aliphatic heterocycles. The lowest BCUT2D eigenvalue weighted by Crippen LogP contribution is -2.21. The Kier molecular flexibility index (Phi) is 9.81. The first-order chi connectivity index (χ1) is 9.13. The van der Waals surface area contributed by atoms with Crippen LogP contribution in [-0.4, -0.2) is 36.6 Å². The molecule has 0 fully saturated rings. The smallest absolute Gasteiger partial charge is 0.314 e. The highest BCUT2D eigenvalue weighted by Crippen LogP contribution is 1.99. The second-order valence-electron chi connectivity index (χ2n) is 4.16. The second-order valence-corrected chi connectivity index (χ2v) is 4.16. The predicted octanol–water partition coefficient (Wildman–Crippen LogP) is 2.19. The molecule has 0 atom stereocenters. The minimum Gasteiger partial charge on any atom is -0.389 e. The van der Waals surface area contributed by atoms with Gasteiger partial charge in [0.2, 0.25) is 0 Å². The van der Waals surface area contributed by atoms with Crippen LogP contribution >= 0.6 is 0 Å². The molecule has 0 radical (unpaired) electrons. The number of nitrogens with zero attached hydrogens (tertiary/aromatic N) is 3. The maximum Gasteiger partial charge on any atom is 0.314 e. The number of rotatable bonds is 12. The standard InChI is InChI=1S/C14H24N4O/c1-5-17(4)12-9-14(3)16-10-7-8-11-18(6-2)19-13-15/h5-6,16H,1-3,7-12H2,4H3. The lowest BCUT2D eigenvalue weighted by Gasteiger charge is -2.16. The van der Waals surface area contributed by atoms with Gasteiger partial charge in [-0.15, -0.1) is 5.26 Å². The van der Waals surface area contributed by atoms with Crippen molar-refractivity contribution in [1.82, 2.24) is 15.3 Å². The summed E-state index contributed by atoms with van der Waals surface area (Å²) in [5.41, 5.74) is 1.03. The normalized spacial score (nSPS) is 9.05. The zero-order valence-electron chi connectivity index (χ0n) is 11.8. The molecule has 0 aliphatic rings. The minimum absolute atomic E-state index is 0.657. The fraction of sp³-hybridized carbons (Fsp3) is 0.500. The first-order valence-electron chi connectivity index (χ1n) is 6.33. The summed E-state index contributed by atoms with van der Waals surface area (Å²) in [5.74, 6) is 0. The maximum absolute atomic E-state index is 8.37. The summed E-state index contributed by atoms with van der Waals surface area (Å²) in [6.07, 6.45) is 7.72. The molecule has 5 nitrogen and oxygen atoms in total. The molecule has 0 saturated carbocycles. The highest BCUT2D eigenvalue weighted by atomic mass is 16.7. The van der Waals surface area contributed by atoms with Crippen molar-refractivity contribution in [2.75, 3.05) is 26.7 Å². The molecule has 0 bridgehead atoms. The minimum atomic E-state index is 0.657. The fourth-order valence-corrected chi connectivity index (χ4v) is 1.38. The van der Waals surface area contributed by atoms with Crippen molar-refractivity contribution < 1.29 is 4.84 Å². The van der Waals surface area contributed by atoms with Crippen LogP contribution in [0.25, 0.3) is 0 Å². The topological polar surface area (TPSA) is 51.5 Å². The first-order valence-corrected chi connectivity index (χ1v) is 6.33. The number of nitrogens with one attached hydrogen (secondary N) is 1. The molecule has 0 aromatic heterocycles. The zero-order chi connectivity index (χ0) is 14.5. The Morgan fingerprint density at radius 2 is 2.05 bits per heavy atom. The summed E-state index contributed by atoms with van der Waals surface area (Å²) < 4.78 is 0. The van der Waals surface area contributed by atoms with Crippen LogP contribution in [0.4, 0.5) is 0 Å². The largest absolute Gasteiger partial charge is 0.389 e. The zero-order valence-corrected chi connectivity index (χ0v) is 11.8. The van der Waals surface area contributed by atoms with Crippen LogP contribution in [0, 0.1) is 11.5 Å². The van der Waals surface area contributed by atoms with Crippen LogP contribution in [0.2, 0.25) is 0 Å². The Morgan fingerprint density at radius 3 is 2.63 bits per heavy atom. The molecule has 0 aromatic rings. The van der Waals surface area contributed by atoms with Crippen molar-refractivity contribution in [3.8, 4) is 6.26 Å². The van der Waals surface area contributed by atoms with Crippen molar-refractivity contribution in [1.29, 1.82) is 5.26 Å². The highest BCUT2D eigenvalue weighted by molar-refractivity contribution is 4.92. The average molecular weight is 264 g/mol. The SMILES string of the molecule is C=CN(C)CCC(=C)NCCCCN(C=C)OC#N. The van der Waals surface area contributed by atoms with Crippen LogP contribution in [-0.2, 0) is 4.84 Å². The molecule has 106 valence electrons. The molecule has 0 saturated heterocycles. The van der Waals surface area contributed by atoms with Crippen LogP contribution < -0.4 is 5.32 Å². The first kappa shape index (κ1) is 16.9. The number of unbranched alkanes of at least 4 members (excludes halogenated alkanes) is 1. The van der Waals surface area contributed by atoms with Gasteiger partial charge in [0.05, 0.1) is 6.54 Å². The van der Waals surface area contributed by atoms with Gasteiger partial charge in [-0.2, -0.15) is 0 Å². The van der Waals surface area contributed by atoms with E-state index < -0.39 is 0 Å². The van der Waals surface area contributed by atoms with E-state index in [-0.39, 0.29) is 0 Å². The van der Waals surface area contributed by atoms with Gasteiger partial charge < -0.3 is 10.2 Å². The van der Waals surface area contributed by atoms with Gasteiger partial charge in [0.25, 0.3) is 0 Å². The lowest BCUT2D eigenvalue weighted by atomic mass is 10.2. The van der Waals surface area contributed by atoms with Gasteiger partial charge in [-0.05, 0) is 19.0 Å². The lowest BCUT2D eigenvalue weighted by molar-refractivity contribution is -0.0439. The van der Waals surface area contributed by atoms with Crippen molar-refractivity contribution in [2.24, 2.45) is 0 Å². The van der Waals surface area contributed by atoms with E-state index in [4.69, 9.17) is 5.26 Å². The monoisotopic (exact) mass is 264 g/mol. The van der Waals surface area contributed by atoms with Gasteiger partial charge in [0, 0.05) is 38.5 Å². The fourth-order valence-electron chi connectivity index (χ4n) is 1.38. The molecule has 1 N–H and O–H groups in total. The third-order valence-corrected chi connectivity index (χ3v) is 2.62. The van der Waals surface area contributed by atoms with Gasteiger partial charge in [0.1, 0.15) is 0 Å². The van der Waals surface area contributed by atoms with Gasteiger partial charge >= 0.3 is 6.26 Å². The van der Waals surface area contributed by atoms with Crippen LogP contribution in [0.15, 0.2) is 37.8 Å². The molecular weight excluding hydrogens is 240 g/mol. The summed E-state index contributed by atoms with van der Waals surface area (Å²) >= 11 is 0. The van der Waals surface area contributed by atoms with E-state index in [0.717, 1.165) is 38.0 Å². The van der Waals surface area contributed by atoms with Crippen molar-refractivity contribution in [3.05, 3.63) is 37.8 Å². The average Bonchev–Trinajstić information content (AvgIpc) is 2.43. The van der Waals surface area contributed by atoms with E-state index in [0.29, 0.717) is 6.54 Å². The third kappa shape index (κ3) is 9.60. The molecule has 0 rings (SSSR count). The molecule has 19 heavy (non-hydrogen) atoms. The van der Waals surface area contributed by atoms with E-state index in [1.165, 1.54) is 11.3 Å². The van der Waals surface area contributed by atoms with Crippen LogP contribution in [0.3, 0.4) is 0 Å². The maximum atomic E-state index is 8.37. The van der Waals surface area contributed by atoms with Gasteiger partial charge in [-0.3, -0.25) is 4.84 Å². The predicted molar refractivity (Wildman–Crippen MR) is 77.4 cm³/mol. The quantitative estimate of drug-likeness (QED) is 0.333. The number of nitriles is 1. The van der Waals surface area contributed by atoms with Crippen molar-refractivity contribution >= 4 is 0 Å². The van der Waals surface area contributed by atoms with Crippen LogP contribution in [0.1, 0.15) is 19.3 Å². The second kappa shape index (κ2) is 11.0. The molecule has 5 heteroatoms. The van der Waals surface area contributed by atoms with E-state index in [9.17, 15) is 0 Å². The van der Waals surface area contributed by atoms with E-state index in [1.807, 2.05) is 11.9 Å². The Hall–Kier alpha value is -2.09. The number of hydrogen-bond acceptors (Lipinski definition) is 5. The third-order valence-electron chi connectivity index (χ3n) is 2.62. The summed E-state index contributed by atoms with van der Waals surface area (Å²) in [5, 5.41) is 13.1. The van der Waals surface area contributed by atoms with E-state index in [2.05, 4.69) is 29.9 Å². The Balaban J connectivity index is 3.53. The van der Waals surface area contributed by atoms with Crippen LogP contribution in [0.5, 0.6) is 0 Å². The molecule has 0 unspecified atom stereocenters. The summed E-state index contributed by atoms with van der Waals surface area (Å²) in [7, 11) is 1.99. The Morgan fingerprint density at radius 1 is 1.32 bits per heavy atom. The summed E-state index contributed by atoms with van der Waals surface area (Å²) in [4.78, 5) is 6.69. The molecule has 0 aliphatic carbocycles. The van der Waals surface area contributed by atoms with Crippen molar-refractivity contribution in [3.63, 3.8) is 0 Å². The van der Waals surface area contributed by atoms with Gasteiger partial charge in [-0.25, -0.2) is 5.06 Å².